The van der Waals surface area contributed by atoms with E-state index >= 15 is 0 Å². The van der Waals surface area contributed by atoms with Crippen LogP contribution < -0.4 is 5.32 Å². The van der Waals surface area contributed by atoms with Crippen molar-refractivity contribution < 1.29 is 9.18 Å². The molecule has 0 saturated carbocycles. The number of hydrogen-bond acceptors (Lipinski definition) is 2. The van der Waals surface area contributed by atoms with Crippen LogP contribution in [0.1, 0.15) is 17.5 Å². The number of rotatable bonds is 6. The minimum Gasteiger partial charge on any atom is -0.361 e. The van der Waals surface area contributed by atoms with Gasteiger partial charge in [0, 0.05) is 46.4 Å². The maximum atomic E-state index is 13.9. The fraction of sp³-hybridized carbons (Fsp3) is 0.143. The van der Waals surface area contributed by atoms with Gasteiger partial charge in [-0.3, -0.25) is 9.48 Å². The summed E-state index contributed by atoms with van der Waals surface area (Å²) in [7, 11) is 0. The molecule has 5 nitrogen and oxygen atoms in total. The number of carbonyl (C=O) groups excluding carboxylic acids is 1. The van der Waals surface area contributed by atoms with Crippen LogP contribution in [-0.2, 0) is 17.8 Å². The Balaban J connectivity index is 1.36. The number of para-hydroxylation sites is 1. The van der Waals surface area contributed by atoms with Gasteiger partial charge in [-0.1, -0.05) is 35.9 Å². The zero-order valence-corrected chi connectivity index (χ0v) is 15.7. The molecule has 28 heavy (non-hydrogen) atoms. The smallest absolute Gasteiger partial charge is 0.225 e. The van der Waals surface area contributed by atoms with E-state index in [0.29, 0.717) is 29.2 Å². The number of fused-ring (bicyclic) bond motifs is 1. The third kappa shape index (κ3) is 3.92. The van der Waals surface area contributed by atoms with E-state index in [1.54, 1.807) is 29.1 Å². The minimum absolute atomic E-state index is 0.126. The van der Waals surface area contributed by atoms with Crippen molar-refractivity contribution in [2.75, 3.05) is 5.32 Å². The highest BCUT2D eigenvalue weighted by molar-refractivity contribution is 6.31. The first-order valence-electron chi connectivity index (χ1n) is 8.91. The molecular weight excluding hydrogens is 379 g/mol. The lowest BCUT2D eigenvalue weighted by Crippen LogP contribution is -2.13. The molecule has 7 heteroatoms. The first-order valence-corrected chi connectivity index (χ1v) is 9.29. The fourth-order valence-corrected chi connectivity index (χ4v) is 3.38. The second kappa shape index (κ2) is 7.86. The van der Waals surface area contributed by atoms with E-state index in [4.69, 9.17) is 11.6 Å². The van der Waals surface area contributed by atoms with E-state index in [1.807, 2.05) is 30.5 Å². The van der Waals surface area contributed by atoms with E-state index in [9.17, 15) is 9.18 Å². The molecule has 0 aliphatic carbocycles. The van der Waals surface area contributed by atoms with Crippen LogP contribution in [0.5, 0.6) is 0 Å². The van der Waals surface area contributed by atoms with Gasteiger partial charge in [0.15, 0.2) is 5.82 Å². The number of nitrogens with one attached hydrogen (secondary N) is 2. The van der Waals surface area contributed by atoms with Crippen LogP contribution in [0.15, 0.2) is 60.9 Å². The van der Waals surface area contributed by atoms with Crippen molar-refractivity contribution in [2.45, 2.75) is 19.4 Å². The summed E-state index contributed by atoms with van der Waals surface area (Å²) in [5.74, 6) is -0.0804. The molecule has 142 valence electrons. The van der Waals surface area contributed by atoms with E-state index in [0.717, 1.165) is 16.5 Å². The number of H-pyrrole nitrogens is 1. The highest BCUT2D eigenvalue weighted by Crippen LogP contribution is 2.21. The van der Waals surface area contributed by atoms with Crippen molar-refractivity contribution >= 4 is 34.2 Å². The highest BCUT2D eigenvalue weighted by atomic mass is 35.5. The summed E-state index contributed by atoms with van der Waals surface area (Å²) >= 11 is 6.05. The number of hydrogen-bond donors (Lipinski definition) is 2. The lowest BCUT2D eigenvalue weighted by molar-refractivity contribution is -0.116. The first-order chi connectivity index (χ1) is 13.6. The Hall–Kier alpha value is -3.12. The summed E-state index contributed by atoms with van der Waals surface area (Å²) in [6.45, 7) is 0.191. The number of carbonyl (C=O) groups is 1. The van der Waals surface area contributed by atoms with Gasteiger partial charge in [0.2, 0.25) is 5.91 Å². The Bertz CT molecular complexity index is 1110. The molecule has 0 saturated heterocycles. The Morgan fingerprint density at radius 2 is 2.04 bits per heavy atom. The Kier molecular flexibility index (Phi) is 5.12. The summed E-state index contributed by atoms with van der Waals surface area (Å²) in [6.07, 6.45) is 4.58. The molecule has 1 amide bonds. The third-order valence-electron chi connectivity index (χ3n) is 4.59. The van der Waals surface area contributed by atoms with E-state index in [1.165, 1.54) is 6.07 Å². The van der Waals surface area contributed by atoms with Crippen LogP contribution in [0.25, 0.3) is 10.9 Å². The Morgan fingerprint density at radius 3 is 2.89 bits per heavy atom. The van der Waals surface area contributed by atoms with Gasteiger partial charge in [0.05, 0.1) is 6.54 Å². The molecule has 0 atom stereocenters. The number of aromatic amines is 1. The zero-order valence-electron chi connectivity index (χ0n) is 15.0. The second-order valence-corrected chi connectivity index (χ2v) is 6.91. The van der Waals surface area contributed by atoms with Crippen molar-refractivity contribution in [2.24, 2.45) is 0 Å². The van der Waals surface area contributed by atoms with Crippen molar-refractivity contribution in [3.05, 3.63) is 82.9 Å². The van der Waals surface area contributed by atoms with Gasteiger partial charge in [-0.15, -0.1) is 0 Å². The lowest BCUT2D eigenvalue weighted by Gasteiger charge is -2.06. The topological polar surface area (TPSA) is 62.7 Å². The molecule has 0 fully saturated rings. The minimum atomic E-state index is -0.382. The Labute approximate surface area is 166 Å². The van der Waals surface area contributed by atoms with Crippen LogP contribution in [0, 0.1) is 5.82 Å². The summed E-state index contributed by atoms with van der Waals surface area (Å²) in [5.41, 5.74) is 2.53. The second-order valence-electron chi connectivity index (χ2n) is 6.51. The predicted octanol–water partition coefficient (Wildman–Crippen LogP) is 4.78. The van der Waals surface area contributed by atoms with E-state index < -0.39 is 0 Å². The summed E-state index contributed by atoms with van der Waals surface area (Å²) in [4.78, 5) is 15.5. The largest absolute Gasteiger partial charge is 0.361 e. The van der Waals surface area contributed by atoms with Crippen LogP contribution in [-0.4, -0.2) is 20.7 Å². The van der Waals surface area contributed by atoms with Crippen molar-refractivity contribution in [1.29, 1.82) is 0 Å². The first kappa shape index (κ1) is 18.3. The van der Waals surface area contributed by atoms with Gasteiger partial charge >= 0.3 is 0 Å². The fourth-order valence-electron chi connectivity index (χ4n) is 3.15. The summed E-state index contributed by atoms with van der Waals surface area (Å²) in [6, 6.07) is 14.2. The van der Waals surface area contributed by atoms with Gasteiger partial charge < -0.3 is 10.3 Å². The normalized spacial score (nSPS) is 11.1. The van der Waals surface area contributed by atoms with Gasteiger partial charge in [0.1, 0.15) is 5.82 Å². The standard InChI is InChI=1S/C21H18ClFN4O/c22-17-5-3-6-18(23)16(17)13-27-11-10-20(26-27)25-21(28)9-8-14-12-24-19-7-2-1-4-15(14)19/h1-7,10-12,24H,8-9,13H2,(H,25,26,28). The van der Waals surface area contributed by atoms with Crippen molar-refractivity contribution in [3.63, 3.8) is 0 Å². The molecule has 0 unspecified atom stereocenters. The quantitative estimate of drug-likeness (QED) is 0.492. The molecule has 0 bridgehead atoms. The molecule has 2 N–H and O–H groups in total. The van der Waals surface area contributed by atoms with E-state index in [-0.39, 0.29) is 18.3 Å². The molecular formula is C21H18ClFN4O. The van der Waals surface area contributed by atoms with Crippen LogP contribution in [0.4, 0.5) is 10.2 Å². The van der Waals surface area contributed by atoms with Crippen LogP contribution in [0.2, 0.25) is 5.02 Å². The monoisotopic (exact) mass is 396 g/mol. The molecule has 0 aliphatic heterocycles. The molecule has 0 spiro atoms. The average Bonchev–Trinajstić information content (AvgIpc) is 3.30. The van der Waals surface area contributed by atoms with Gasteiger partial charge in [0.25, 0.3) is 0 Å². The number of halogens is 2. The average molecular weight is 397 g/mol. The van der Waals surface area contributed by atoms with Crippen LogP contribution in [0.3, 0.4) is 0 Å². The summed E-state index contributed by atoms with van der Waals surface area (Å²) in [5, 5.41) is 8.53. The number of aryl methyl sites for hydroxylation is 1. The molecule has 2 aromatic carbocycles. The number of amides is 1. The highest BCUT2D eigenvalue weighted by Gasteiger charge is 2.11. The number of benzene rings is 2. The maximum Gasteiger partial charge on any atom is 0.225 e. The lowest BCUT2D eigenvalue weighted by atomic mass is 10.1. The summed E-state index contributed by atoms with van der Waals surface area (Å²) < 4.78 is 15.4. The van der Waals surface area contributed by atoms with Crippen LogP contribution >= 0.6 is 11.6 Å². The van der Waals surface area contributed by atoms with E-state index in [2.05, 4.69) is 15.4 Å². The molecule has 0 aliphatic rings. The molecule has 2 heterocycles. The maximum absolute atomic E-state index is 13.9. The molecule has 4 rings (SSSR count). The zero-order chi connectivity index (χ0) is 19.5. The van der Waals surface area contributed by atoms with Crippen molar-refractivity contribution in [1.82, 2.24) is 14.8 Å². The number of aromatic nitrogens is 3. The SMILES string of the molecule is O=C(CCc1c[nH]c2ccccc12)Nc1ccn(Cc2c(F)cccc2Cl)n1. The van der Waals surface area contributed by atoms with Gasteiger partial charge in [-0.25, -0.2) is 4.39 Å². The molecule has 4 aromatic rings. The number of nitrogens with zero attached hydrogens (tertiary/aromatic N) is 2. The molecule has 2 aromatic heterocycles. The third-order valence-corrected chi connectivity index (χ3v) is 4.94. The Morgan fingerprint density at radius 1 is 1.18 bits per heavy atom. The predicted molar refractivity (Wildman–Crippen MR) is 108 cm³/mol. The van der Waals surface area contributed by atoms with Gasteiger partial charge in [-0.05, 0) is 30.2 Å². The van der Waals surface area contributed by atoms with Gasteiger partial charge in [-0.2, -0.15) is 5.10 Å². The van der Waals surface area contributed by atoms with Crippen molar-refractivity contribution in [3.8, 4) is 0 Å². The molecule has 0 radical (unpaired) electrons. The number of anilines is 1.